The highest BCUT2D eigenvalue weighted by molar-refractivity contribution is 7.26. The minimum absolute atomic E-state index is 0.369. The molecule has 0 saturated heterocycles. The van der Waals surface area contributed by atoms with Crippen LogP contribution in [0.2, 0.25) is 0 Å². The van der Waals surface area contributed by atoms with Crippen LogP contribution < -0.4 is 0 Å². The van der Waals surface area contributed by atoms with Crippen molar-refractivity contribution in [1.29, 1.82) is 0 Å². The molecule has 0 radical (unpaired) electrons. The van der Waals surface area contributed by atoms with Crippen LogP contribution in [0.15, 0.2) is 91.1 Å². The normalized spacial score (nSPS) is 11.9. The number of aryl methyl sites for hydroxylation is 2. The third kappa shape index (κ3) is 3.88. The smallest absolute Gasteiger partial charge is 0.124 e. The van der Waals surface area contributed by atoms with Crippen LogP contribution in [0.4, 0.5) is 0 Å². The number of hydrogen-bond acceptors (Lipinski definition) is 4. The summed E-state index contributed by atoms with van der Waals surface area (Å²) < 4.78 is 1.23. The maximum atomic E-state index is 5.25. The summed E-state index contributed by atoms with van der Waals surface area (Å²) in [5.74, 6) is 0. The van der Waals surface area contributed by atoms with E-state index in [9.17, 15) is 0 Å². The van der Waals surface area contributed by atoms with Gasteiger partial charge in [0.05, 0.1) is 22.8 Å². The van der Waals surface area contributed by atoms with Crippen LogP contribution in [0, 0.1) is 13.8 Å². The van der Waals surface area contributed by atoms with Gasteiger partial charge in [0.2, 0.25) is 0 Å². The number of nitrogens with zero attached hydrogens (tertiary/aromatic N) is 3. The minimum Gasteiger partial charge on any atom is -0.252 e. The number of thiophene rings is 1. The highest BCUT2D eigenvalue weighted by Crippen LogP contribution is 2.40. The van der Waals surface area contributed by atoms with E-state index >= 15 is 0 Å². The van der Waals surface area contributed by atoms with E-state index in [0.717, 1.165) is 38.7 Å². The molecule has 0 bridgehead atoms. The second-order valence-corrected chi connectivity index (χ2v) is 11.0. The van der Waals surface area contributed by atoms with E-state index < -0.39 is 0 Å². The maximum absolute atomic E-state index is 5.25. The van der Waals surface area contributed by atoms with Crippen molar-refractivity contribution < 1.29 is 0 Å². The summed E-state index contributed by atoms with van der Waals surface area (Å²) in [6, 6.07) is 29.7. The van der Waals surface area contributed by atoms with Crippen LogP contribution in [0.3, 0.4) is 0 Å². The quantitative estimate of drug-likeness (QED) is 0.251. The van der Waals surface area contributed by atoms with E-state index in [1.54, 1.807) is 11.3 Å². The Morgan fingerprint density at radius 2 is 1.33 bits per heavy atom. The summed E-state index contributed by atoms with van der Waals surface area (Å²) >= 11 is 1.74. The molecule has 0 saturated carbocycles. The molecule has 0 atom stereocenters. The summed E-state index contributed by atoms with van der Waals surface area (Å²) in [7, 11) is 0. The van der Waals surface area contributed by atoms with Crippen molar-refractivity contribution in [2.45, 2.75) is 33.1 Å². The van der Waals surface area contributed by atoms with Crippen LogP contribution in [-0.4, -0.2) is 15.0 Å². The first kappa shape index (κ1) is 22.6. The summed E-state index contributed by atoms with van der Waals surface area (Å²) in [6.07, 6.45) is 1.86. The molecule has 6 rings (SSSR count). The van der Waals surface area contributed by atoms with Crippen molar-refractivity contribution in [1.82, 2.24) is 15.0 Å². The van der Waals surface area contributed by atoms with Gasteiger partial charge in [0.15, 0.2) is 0 Å². The summed E-state index contributed by atoms with van der Waals surface area (Å²) in [5.41, 5.74) is 8.32. The third-order valence-electron chi connectivity index (χ3n) is 6.84. The molecule has 4 heterocycles. The summed E-state index contributed by atoms with van der Waals surface area (Å²) in [4.78, 5) is 16.0. The molecule has 0 aliphatic rings. The lowest BCUT2D eigenvalue weighted by Gasteiger charge is -2.26. The van der Waals surface area contributed by atoms with Gasteiger partial charge in [-0.05, 0) is 75.2 Å². The molecule has 2 aromatic carbocycles. The number of pyridine rings is 3. The number of rotatable bonds is 4. The Labute approximate surface area is 215 Å². The van der Waals surface area contributed by atoms with Crippen molar-refractivity contribution in [3.05, 3.63) is 114 Å². The predicted molar refractivity (Wildman–Crippen MR) is 152 cm³/mol. The molecule has 176 valence electrons. The van der Waals surface area contributed by atoms with Crippen LogP contribution in [-0.2, 0) is 5.41 Å². The predicted octanol–water partition coefficient (Wildman–Crippen LogP) is 8.52. The zero-order valence-corrected chi connectivity index (χ0v) is 21.7. The average Bonchev–Trinajstić information content (AvgIpc) is 3.27. The van der Waals surface area contributed by atoms with Gasteiger partial charge in [0, 0.05) is 38.2 Å². The van der Waals surface area contributed by atoms with E-state index in [-0.39, 0.29) is 5.41 Å². The van der Waals surface area contributed by atoms with Crippen molar-refractivity contribution in [2.75, 3.05) is 0 Å². The maximum Gasteiger partial charge on any atom is 0.124 e. The molecule has 0 fully saturated rings. The highest BCUT2D eigenvalue weighted by atomic mass is 32.1. The Kier molecular flexibility index (Phi) is 5.42. The fraction of sp³-hybridized carbons (Fsp3) is 0.156. The first-order chi connectivity index (χ1) is 17.4. The largest absolute Gasteiger partial charge is 0.252 e. The standard InChI is InChI=1S/C32H27N3S/c1-20-16-26(22-10-6-5-7-11-22)34-28(18-20)32(3,4)29-19-21(2)17-27(35-29)25-13-8-12-23-24-14-9-15-33-31(24)36-30(23)25/h5-19H,1-4H3. The molecular weight excluding hydrogens is 458 g/mol. The first-order valence-corrected chi connectivity index (χ1v) is 13.0. The second-order valence-electron chi connectivity index (χ2n) is 9.96. The number of fused-ring (bicyclic) bond motifs is 3. The SMILES string of the molecule is Cc1cc(-c2ccccc2)nc(C(C)(C)c2cc(C)cc(-c3cccc4c3sc3ncccc34)n2)c1. The lowest BCUT2D eigenvalue weighted by atomic mass is 9.83. The van der Waals surface area contributed by atoms with Crippen molar-refractivity contribution >= 4 is 31.6 Å². The van der Waals surface area contributed by atoms with Gasteiger partial charge in [-0.15, -0.1) is 11.3 Å². The topological polar surface area (TPSA) is 38.7 Å². The molecule has 0 unspecified atom stereocenters. The summed E-state index contributed by atoms with van der Waals surface area (Å²) in [5, 5.41) is 2.43. The molecule has 4 aromatic heterocycles. The molecule has 0 aliphatic carbocycles. The molecule has 0 spiro atoms. The Morgan fingerprint density at radius 3 is 2.08 bits per heavy atom. The number of benzene rings is 2. The van der Waals surface area contributed by atoms with Gasteiger partial charge in [-0.3, -0.25) is 9.97 Å². The fourth-order valence-electron chi connectivity index (χ4n) is 4.84. The molecule has 0 aliphatic heterocycles. The molecule has 0 amide bonds. The first-order valence-electron chi connectivity index (χ1n) is 12.2. The minimum atomic E-state index is -0.369. The van der Waals surface area contributed by atoms with Crippen LogP contribution >= 0.6 is 11.3 Å². The average molecular weight is 486 g/mol. The van der Waals surface area contributed by atoms with Gasteiger partial charge in [-0.2, -0.15) is 0 Å². The van der Waals surface area contributed by atoms with Gasteiger partial charge in [0.25, 0.3) is 0 Å². The van der Waals surface area contributed by atoms with Crippen molar-refractivity contribution in [2.24, 2.45) is 0 Å². The van der Waals surface area contributed by atoms with E-state index in [1.807, 2.05) is 18.3 Å². The van der Waals surface area contributed by atoms with Gasteiger partial charge in [0.1, 0.15) is 4.83 Å². The fourth-order valence-corrected chi connectivity index (χ4v) is 6.00. The van der Waals surface area contributed by atoms with Crippen LogP contribution in [0.5, 0.6) is 0 Å². The summed E-state index contributed by atoms with van der Waals surface area (Å²) in [6.45, 7) is 8.73. The zero-order valence-electron chi connectivity index (χ0n) is 20.9. The molecule has 6 aromatic rings. The van der Waals surface area contributed by atoms with E-state index in [4.69, 9.17) is 9.97 Å². The monoisotopic (exact) mass is 485 g/mol. The number of hydrogen-bond donors (Lipinski definition) is 0. The molecule has 36 heavy (non-hydrogen) atoms. The van der Waals surface area contributed by atoms with Crippen molar-refractivity contribution in [3.8, 4) is 22.5 Å². The lowest BCUT2D eigenvalue weighted by Crippen LogP contribution is -2.23. The highest BCUT2D eigenvalue weighted by Gasteiger charge is 2.28. The second kappa shape index (κ2) is 8.65. The number of aromatic nitrogens is 3. The van der Waals surface area contributed by atoms with Crippen LogP contribution in [0.25, 0.3) is 42.8 Å². The third-order valence-corrected chi connectivity index (χ3v) is 8.00. The Hall–Kier alpha value is -3.89. The van der Waals surface area contributed by atoms with Gasteiger partial charge in [-0.1, -0.05) is 48.5 Å². The molecule has 4 heteroatoms. The van der Waals surface area contributed by atoms with Gasteiger partial charge in [-0.25, -0.2) is 4.98 Å². The van der Waals surface area contributed by atoms with E-state index in [1.165, 1.54) is 26.6 Å². The van der Waals surface area contributed by atoms with Gasteiger partial charge < -0.3 is 0 Å². The Morgan fingerprint density at radius 1 is 0.667 bits per heavy atom. The zero-order chi connectivity index (χ0) is 24.9. The van der Waals surface area contributed by atoms with Crippen molar-refractivity contribution in [3.63, 3.8) is 0 Å². The van der Waals surface area contributed by atoms with E-state index in [2.05, 4.69) is 105 Å². The molecule has 3 nitrogen and oxygen atoms in total. The van der Waals surface area contributed by atoms with E-state index in [0.29, 0.717) is 0 Å². The molecular formula is C32H27N3S. The Bertz CT molecular complexity index is 1730. The lowest BCUT2D eigenvalue weighted by molar-refractivity contribution is 0.595. The molecule has 0 N–H and O–H groups in total. The van der Waals surface area contributed by atoms with Crippen LogP contribution in [0.1, 0.15) is 36.4 Å². The van der Waals surface area contributed by atoms with Gasteiger partial charge >= 0.3 is 0 Å². The Balaban J connectivity index is 1.50.